The minimum Gasteiger partial charge on any atom is -0.481 e. The molecule has 0 atom stereocenters. The Morgan fingerprint density at radius 2 is 1.70 bits per heavy atom. The molecule has 0 spiro atoms. The van der Waals surface area contributed by atoms with E-state index in [1.165, 1.54) is 6.07 Å². The zero-order valence-electron chi connectivity index (χ0n) is 21.1. The van der Waals surface area contributed by atoms with Crippen LogP contribution >= 0.6 is 0 Å². The molecule has 0 aliphatic carbocycles. The van der Waals surface area contributed by atoms with Crippen molar-refractivity contribution in [2.45, 2.75) is 58.9 Å². The van der Waals surface area contributed by atoms with E-state index in [4.69, 9.17) is 19.2 Å². The minimum absolute atomic E-state index is 0.0738. The molecule has 2 aromatic carbocycles. The van der Waals surface area contributed by atoms with Gasteiger partial charge in [-0.15, -0.1) is 0 Å². The van der Waals surface area contributed by atoms with Crippen molar-refractivity contribution in [2.24, 2.45) is 0 Å². The number of carboxylic acids is 1. The van der Waals surface area contributed by atoms with Gasteiger partial charge in [0.1, 0.15) is 17.1 Å². The smallest absolute Gasteiger partial charge is 0.481 e. The Hall–Kier alpha value is -3.31. The Kier molecular flexibility index (Phi) is 7.13. The van der Waals surface area contributed by atoms with Crippen molar-refractivity contribution in [1.82, 2.24) is 4.98 Å². The van der Waals surface area contributed by atoms with E-state index in [0.29, 0.717) is 11.1 Å². The second-order valence-corrected chi connectivity index (χ2v) is 9.86. The van der Waals surface area contributed by atoms with Crippen LogP contribution in [0.1, 0.15) is 44.4 Å². The van der Waals surface area contributed by atoms with Crippen molar-refractivity contribution < 1.29 is 41.9 Å². The van der Waals surface area contributed by atoms with E-state index in [1.54, 1.807) is 6.92 Å². The third-order valence-corrected chi connectivity index (χ3v) is 6.83. The molecule has 1 N–H and O–H groups in total. The lowest BCUT2D eigenvalue weighted by atomic mass is 9.78. The molecular weight excluding hydrogens is 490 g/mol. The summed E-state index contributed by atoms with van der Waals surface area (Å²) in [6.07, 6.45) is 0.134. The Balaban J connectivity index is 1.72. The highest BCUT2D eigenvalue weighted by atomic mass is 19.3. The molecule has 1 fully saturated rings. The number of fused-ring (bicyclic) bond motifs is 1. The van der Waals surface area contributed by atoms with E-state index >= 15 is 0 Å². The summed E-state index contributed by atoms with van der Waals surface area (Å²) in [5.74, 6) is -2.34. The monoisotopic (exact) mass is 517 g/mol. The van der Waals surface area contributed by atoms with Crippen LogP contribution in [0, 0.1) is 12.7 Å². The predicted octanol–water partition coefficient (Wildman–Crippen LogP) is 4.64. The van der Waals surface area contributed by atoms with Gasteiger partial charge >= 0.3 is 19.7 Å². The molecule has 1 aliphatic rings. The average Bonchev–Trinajstić information content (AvgIpc) is 3.03. The minimum atomic E-state index is -3.18. The lowest BCUT2D eigenvalue weighted by molar-refractivity contribution is -0.139. The number of halogens is 3. The van der Waals surface area contributed by atoms with Crippen molar-refractivity contribution in [3.63, 3.8) is 0 Å². The van der Waals surface area contributed by atoms with Crippen LogP contribution in [0.15, 0.2) is 36.4 Å². The molecular formula is C26H27BF3NO6. The summed E-state index contributed by atoms with van der Waals surface area (Å²) in [6.45, 7) is 5.59. The van der Waals surface area contributed by atoms with E-state index in [1.807, 2.05) is 52.0 Å². The van der Waals surface area contributed by atoms with Gasteiger partial charge in [0.2, 0.25) is 5.88 Å². The maximum atomic E-state index is 14.6. The number of carboxylic acid groups (broad SMARTS) is 1. The van der Waals surface area contributed by atoms with Crippen LogP contribution in [-0.2, 0) is 20.5 Å². The summed E-state index contributed by atoms with van der Waals surface area (Å²) in [7, 11) is -0.558. The van der Waals surface area contributed by atoms with Gasteiger partial charge in [-0.1, -0.05) is 24.3 Å². The molecule has 3 aromatic rings. The third kappa shape index (κ3) is 5.38. The quantitative estimate of drug-likeness (QED) is 0.436. The van der Waals surface area contributed by atoms with E-state index in [-0.39, 0.29) is 23.1 Å². The van der Waals surface area contributed by atoms with Gasteiger partial charge < -0.3 is 23.9 Å². The number of ether oxygens (including phenoxy) is 2. The highest BCUT2D eigenvalue weighted by Gasteiger charge is 2.51. The van der Waals surface area contributed by atoms with Gasteiger partial charge in [0.05, 0.1) is 11.2 Å². The summed E-state index contributed by atoms with van der Waals surface area (Å²) in [4.78, 5) is 15.0. The Labute approximate surface area is 212 Å². The molecule has 1 aliphatic heterocycles. The van der Waals surface area contributed by atoms with Gasteiger partial charge in [0.15, 0.2) is 6.61 Å². The van der Waals surface area contributed by atoms with Crippen LogP contribution in [0.2, 0.25) is 0 Å². The second-order valence-electron chi connectivity index (χ2n) is 9.86. The highest BCUT2D eigenvalue weighted by molar-refractivity contribution is 6.62. The number of alkyl halides is 2. The third-order valence-electron chi connectivity index (χ3n) is 6.83. The number of aryl methyl sites for hydroxylation is 1. The number of aliphatic carboxylic acids is 1. The molecule has 11 heteroatoms. The number of rotatable bonds is 8. The fourth-order valence-corrected chi connectivity index (χ4v) is 4.12. The van der Waals surface area contributed by atoms with Crippen LogP contribution in [0.3, 0.4) is 0 Å². The zero-order valence-corrected chi connectivity index (χ0v) is 21.1. The van der Waals surface area contributed by atoms with E-state index < -0.39 is 49.2 Å². The Morgan fingerprint density at radius 1 is 1.08 bits per heavy atom. The number of pyridine rings is 1. The number of hydrogen-bond donors (Lipinski definition) is 1. The number of carbonyl (C=O) groups is 1. The highest BCUT2D eigenvalue weighted by Crippen LogP contribution is 2.38. The summed E-state index contributed by atoms with van der Waals surface area (Å²) in [5, 5.41) is 9.17. The summed E-state index contributed by atoms with van der Waals surface area (Å²) < 4.78 is 63.2. The molecule has 0 saturated carbocycles. The Morgan fingerprint density at radius 3 is 2.27 bits per heavy atom. The summed E-state index contributed by atoms with van der Waals surface area (Å²) in [6, 6.07) is 9.59. The first-order chi connectivity index (χ1) is 17.3. The first-order valence-corrected chi connectivity index (χ1v) is 11.6. The molecule has 1 aromatic heterocycles. The fourth-order valence-electron chi connectivity index (χ4n) is 4.12. The molecule has 196 valence electrons. The van der Waals surface area contributed by atoms with E-state index in [0.717, 1.165) is 17.1 Å². The van der Waals surface area contributed by atoms with Crippen LogP contribution in [0.25, 0.3) is 10.9 Å². The molecule has 37 heavy (non-hydrogen) atoms. The number of nitrogens with zero attached hydrogens (tertiary/aromatic N) is 1. The standard InChI is InChI=1S/C26H27BF3NO6/c1-14-17(12-15-6-8-16(9-7-15)27-36-25(2,3)26(4,5)37-27)23(35-24(29)30)31-22-18(28)10-11-19(21(14)22)34-13-20(32)33/h6-11,24H,12-13H2,1-5H3,(H,32,33). The van der Waals surface area contributed by atoms with Crippen molar-refractivity contribution in [1.29, 1.82) is 0 Å². The van der Waals surface area contributed by atoms with Crippen molar-refractivity contribution in [3.05, 3.63) is 58.9 Å². The zero-order chi connectivity index (χ0) is 27.1. The maximum absolute atomic E-state index is 14.6. The van der Waals surface area contributed by atoms with Gasteiger partial charge in [-0.25, -0.2) is 14.2 Å². The first kappa shape index (κ1) is 26.7. The molecule has 0 radical (unpaired) electrons. The lowest BCUT2D eigenvalue weighted by Crippen LogP contribution is -2.41. The van der Waals surface area contributed by atoms with Gasteiger partial charge in [-0.2, -0.15) is 8.78 Å². The molecule has 0 bridgehead atoms. The molecule has 2 heterocycles. The molecule has 7 nitrogen and oxygen atoms in total. The fraction of sp³-hybridized carbons (Fsp3) is 0.385. The van der Waals surface area contributed by atoms with Crippen molar-refractivity contribution >= 4 is 29.5 Å². The van der Waals surface area contributed by atoms with Gasteiger partial charge in [0.25, 0.3) is 0 Å². The van der Waals surface area contributed by atoms with Crippen molar-refractivity contribution in [3.8, 4) is 11.6 Å². The SMILES string of the molecule is Cc1c(Cc2ccc(B3OC(C)(C)C(C)(C)O3)cc2)c(OC(F)F)nc2c(F)ccc(OCC(=O)O)c12. The van der Waals surface area contributed by atoms with Crippen LogP contribution in [0.5, 0.6) is 11.6 Å². The number of hydrogen-bond acceptors (Lipinski definition) is 6. The molecule has 0 unspecified atom stereocenters. The second kappa shape index (κ2) is 9.87. The predicted molar refractivity (Wildman–Crippen MR) is 131 cm³/mol. The first-order valence-electron chi connectivity index (χ1n) is 11.6. The van der Waals surface area contributed by atoms with Crippen LogP contribution in [-0.4, -0.2) is 47.6 Å². The topological polar surface area (TPSA) is 87.1 Å². The van der Waals surface area contributed by atoms with Gasteiger partial charge in [0, 0.05) is 17.4 Å². The lowest BCUT2D eigenvalue weighted by Gasteiger charge is -2.32. The number of aromatic nitrogens is 1. The number of benzene rings is 2. The largest absolute Gasteiger partial charge is 0.494 e. The van der Waals surface area contributed by atoms with Gasteiger partial charge in [-0.3, -0.25) is 0 Å². The van der Waals surface area contributed by atoms with Crippen LogP contribution < -0.4 is 14.9 Å². The molecule has 4 rings (SSSR count). The van der Waals surface area contributed by atoms with E-state index in [9.17, 15) is 18.0 Å². The van der Waals surface area contributed by atoms with Crippen LogP contribution in [0.4, 0.5) is 13.2 Å². The normalized spacial score (nSPS) is 16.4. The molecule has 1 saturated heterocycles. The van der Waals surface area contributed by atoms with Gasteiger partial charge in [-0.05, 0) is 63.3 Å². The Bertz CT molecular complexity index is 1310. The maximum Gasteiger partial charge on any atom is 0.494 e. The molecule has 0 amide bonds. The summed E-state index contributed by atoms with van der Waals surface area (Å²) >= 11 is 0. The van der Waals surface area contributed by atoms with E-state index in [2.05, 4.69) is 9.72 Å². The summed E-state index contributed by atoms with van der Waals surface area (Å²) in [5.41, 5.74) is 0.968. The van der Waals surface area contributed by atoms with Crippen molar-refractivity contribution in [2.75, 3.05) is 6.61 Å². The average molecular weight is 517 g/mol.